The maximum atomic E-state index is 5.25. The van der Waals surface area contributed by atoms with E-state index in [1.807, 2.05) is 0 Å². The van der Waals surface area contributed by atoms with Crippen LogP contribution < -0.4 is 16.1 Å². The smallest absolute Gasteiger partial charge is 0.116 e. The van der Waals surface area contributed by atoms with Crippen LogP contribution in [-0.2, 0) is 4.84 Å². The van der Waals surface area contributed by atoms with Crippen LogP contribution >= 0.6 is 0 Å². The molecule has 0 aromatic carbocycles. The lowest BCUT2D eigenvalue weighted by molar-refractivity contribution is 0.0595. The van der Waals surface area contributed by atoms with Gasteiger partial charge in [0, 0.05) is 19.1 Å². The molecule has 17 heavy (non-hydrogen) atoms. The first-order chi connectivity index (χ1) is 8.02. The molecule has 0 aliphatic carbocycles. The number of nitrogens with one attached hydrogen (secondary N) is 3. The molecule has 0 fully saturated rings. The van der Waals surface area contributed by atoms with Gasteiger partial charge >= 0.3 is 0 Å². The first-order valence-corrected chi connectivity index (χ1v) is 6.56. The van der Waals surface area contributed by atoms with Gasteiger partial charge in [0.2, 0.25) is 0 Å². The van der Waals surface area contributed by atoms with Gasteiger partial charge in [-0.1, -0.05) is 34.3 Å². The minimum atomic E-state index is 0.496. The largest absolute Gasteiger partial charge is 0.371 e. The van der Waals surface area contributed by atoms with Gasteiger partial charge in [0.1, 0.15) is 5.82 Å². The lowest BCUT2D eigenvalue weighted by atomic mass is 10.1. The van der Waals surface area contributed by atoms with Crippen LogP contribution in [0.1, 0.15) is 40.5 Å². The molecule has 0 spiro atoms. The van der Waals surface area contributed by atoms with E-state index in [2.05, 4.69) is 50.4 Å². The summed E-state index contributed by atoms with van der Waals surface area (Å²) < 4.78 is 0. The molecule has 3 N–H and O–H groups in total. The lowest BCUT2D eigenvalue weighted by Crippen LogP contribution is -2.31. The first-order valence-electron chi connectivity index (χ1n) is 6.56. The monoisotopic (exact) mass is 243 g/mol. The van der Waals surface area contributed by atoms with Crippen LogP contribution in [0.4, 0.5) is 0 Å². The van der Waals surface area contributed by atoms with Crippen LogP contribution in [0.5, 0.6) is 0 Å². The van der Waals surface area contributed by atoms with Crippen LogP contribution in [0.2, 0.25) is 0 Å². The first kappa shape index (κ1) is 16.3. The van der Waals surface area contributed by atoms with E-state index in [4.69, 9.17) is 4.84 Å². The molecule has 0 aliphatic rings. The van der Waals surface area contributed by atoms with Gasteiger partial charge in [0.05, 0.1) is 6.61 Å². The van der Waals surface area contributed by atoms with Crippen LogP contribution in [-0.4, -0.2) is 25.7 Å². The van der Waals surface area contributed by atoms with Crippen LogP contribution in [0.25, 0.3) is 0 Å². The van der Waals surface area contributed by atoms with E-state index in [0.29, 0.717) is 12.6 Å². The molecule has 4 heteroatoms. The molecule has 0 radical (unpaired) electrons. The number of rotatable bonds is 11. The molecule has 0 aromatic rings. The van der Waals surface area contributed by atoms with Crippen molar-refractivity contribution in [3.8, 4) is 0 Å². The van der Waals surface area contributed by atoms with Gasteiger partial charge in [0.25, 0.3) is 0 Å². The summed E-state index contributed by atoms with van der Waals surface area (Å²) >= 11 is 0. The highest BCUT2D eigenvalue weighted by Gasteiger charge is 1.96. The van der Waals surface area contributed by atoms with Gasteiger partial charge in [0.15, 0.2) is 0 Å². The predicted molar refractivity (Wildman–Crippen MR) is 73.4 cm³/mol. The molecular formula is C13H29N3O. The van der Waals surface area contributed by atoms with Crippen molar-refractivity contribution >= 4 is 0 Å². The molecule has 0 unspecified atom stereocenters. The fraction of sp³-hybridized carbons (Fsp3) is 0.846. The summed E-state index contributed by atoms with van der Waals surface area (Å²) in [6, 6.07) is 0.496. The number of hydrogen-bond acceptors (Lipinski definition) is 4. The second-order valence-electron chi connectivity index (χ2n) is 5.00. The van der Waals surface area contributed by atoms with Crippen molar-refractivity contribution in [1.29, 1.82) is 0 Å². The summed E-state index contributed by atoms with van der Waals surface area (Å²) in [5, 5.41) is 6.46. The van der Waals surface area contributed by atoms with Crippen LogP contribution in [0.15, 0.2) is 12.4 Å². The molecule has 102 valence electrons. The maximum absolute atomic E-state index is 5.25. The van der Waals surface area contributed by atoms with Gasteiger partial charge in [-0.2, -0.15) is 0 Å². The van der Waals surface area contributed by atoms with E-state index >= 15 is 0 Å². The topological polar surface area (TPSA) is 45.3 Å². The molecule has 0 saturated heterocycles. The van der Waals surface area contributed by atoms with E-state index in [1.54, 1.807) is 0 Å². The Bertz CT molecular complexity index is 193. The second-order valence-corrected chi connectivity index (χ2v) is 5.00. The average molecular weight is 243 g/mol. The minimum absolute atomic E-state index is 0.496. The molecule has 0 saturated carbocycles. The number of hydrogen-bond donors (Lipinski definition) is 3. The van der Waals surface area contributed by atoms with Gasteiger partial charge in [-0.3, -0.25) is 10.3 Å². The fourth-order valence-corrected chi connectivity index (χ4v) is 1.32. The Kier molecular flexibility index (Phi) is 9.96. The van der Waals surface area contributed by atoms with E-state index in [9.17, 15) is 0 Å². The zero-order valence-electron chi connectivity index (χ0n) is 11.8. The van der Waals surface area contributed by atoms with Crippen molar-refractivity contribution in [1.82, 2.24) is 16.1 Å². The summed E-state index contributed by atoms with van der Waals surface area (Å²) in [5.41, 5.74) is 2.80. The average Bonchev–Trinajstić information content (AvgIpc) is 2.23. The summed E-state index contributed by atoms with van der Waals surface area (Å²) in [7, 11) is 0. The highest BCUT2D eigenvalue weighted by Crippen LogP contribution is 2.01. The molecule has 0 amide bonds. The SMILES string of the molecule is C=C(NCCCC(C)C)NOCCNC(C)C. The van der Waals surface area contributed by atoms with Gasteiger partial charge in [-0.05, 0) is 18.8 Å². The summed E-state index contributed by atoms with van der Waals surface area (Å²) in [4.78, 5) is 5.25. The van der Waals surface area contributed by atoms with Crippen LogP contribution in [0.3, 0.4) is 0 Å². The van der Waals surface area contributed by atoms with Crippen molar-refractivity contribution in [2.45, 2.75) is 46.6 Å². The summed E-state index contributed by atoms with van der Waals surface area (Å²) in [5.74, 6) is 1.50. The van der Waals surface area contributed by atoms with Gasteiger partial charge in [-0.15, -0.1) is 0 Å². The van der Waals surface area contributed by atoms with Crippen molar-refractivity contribution in [3.05, 3.63) is 12.4 Å². The van der Waals surface area contributed by atoms with E-state index in [0.717, 1.165) is 31.2 Å². The molecule has 0 atom stereocenters. The zero-order valence-corrected chi connectivity index (χ0v) is 11.8. The van der Waals surface area contributed by atoms with E-state index in [-0.39, 0.29) is 0 Å². The van der Waals surface area contributed by atoms with Crippen LogP contribution in [0, 0.1) is 5.92 Å². The minimum Gasteiger partial charge on any atom is -0.371 e. The highest BCUT2D eigenvalue weighted by atomic mass is 16.6. The molecule has 0 rings (SSSR count). The third-order valence-corrected chi connectivity index (χ3v) is 2.25. The summed E-state index contributed by atoms with van der Waals surface area (Å²) in [6.07, 6.45) is 2.40. The zero-order chi connectivity index (χ0) is 13.1. The summed E-state index contributed by atoms with van der Waals surface area (Å²) in [6.45, 7) is 14.9. The third-order valence-electron chi connectivity index (χ3n) is 2.25. The number of hydroxylamine groups is 1. The lowest BCUT2D eigenvalue weighted by Gasteiger charge is -2.13. The Morgan fingerprint density at radius 3 is 2.47 bits per heavy atom. The fourth-order valence-electron chi connectivity index (χ4n) is 1.32. The molecule has 0 aromatic heterocycles. The highest BCUT2D eigenvalue weighted by molar-refractivity contribution is 4.83. The Balaban J connectivity index is 3.23. The Hall–Kier alpha value is -0.740. The third kappa shape index (κ3) is 13.2. The standard InChI is InChI=1S/C13H29N3O/c1-11(2)7-6-8-15-13(5)16-17-10-9-14-12(3)4/h11-12,14-16H,5-10H2,1-4H3. The van der Waals surface area contributed by atoms with Crippen molar-refractivity contribution in [2.24, 2.45) is 5.92 Å². The predicted octanol–water partition coefficient (Wildman–Crippen LogP) is 2.00. The maximum Gasteiger partial charge on any atom is 0.116 e. The normalized spacial score (nSPS) is 10.9. The van der Waals surface area contributed by atoms with Gasteiger partial charge in [-0.25, -0.2) is 0 Å². The van der Waals surface area contributed by atoms with E-state index in [1.165, 1.54) is 6.42 Å². The van der Waals surface area contributed by atoms with E-state index < -0.39 is 0 Å². The second kappa shape index (κ2) is 10.4. The quantitative estimate of drug-likeness (QED) is 0.384. The van der Waals surface area contributed by atoms with Crippen molar-refractivity contribution < 1.29 is 4.84 Å². The molecule has 0 bridgehead atoms. The van der Waals surface area contributed by atoms with Crippen molar-refractivity contribution in [3.63, 3.8) is 0 Å². The van der Waals surface area contributed by atoms with Crippen molar-refractivity contribution in [2.75, 3.05) is 19.7 Å². The Labute approximate surface area is 106 Å². The Morgan fingerprint density at radius 2 is 1.88 bits per heavy atom. The molecule has 0 heterocycles. The Morgan fingerprint density at radius 1 is 1.18 bits per heavy atom. The molecule has 4 nitrogen and oxygen atoms in total. The molecular weight excluding hydrogens is 214 g/mol. The van der Waals surface area contributed by atoms with Gasteiger partial charge < -0.3 is 10.6 Å². The molecule has 0 aliphatic heterocycles.